The SMILES string of the molecule is CCc1cc(CN2CCCC(C3CCCN3)C2)n(CC)n1. The third-order valence-corrected chi connectivity index (χ3v) is 5.17. The molecule has 0 amide bonds. The van der Waals surface area contributed by atoms with Crippen LogP contribution in [0.3, 0.4) is 0 Å². The summed E-state index contributed by atoms with van der Waals surface area (Å²) in [5.41, 5.74) is 2.63. The van der Waals surface area contributed by atoms with Crippen LogP contribution >= 0.6 is 0 Å². The molecule has 2 fully saturated rings. The average molecular weight is 290 g/mol. The van der Waals surface area contributed by atoms with Crippen molar-refractivity contribution in [2.45, 2.75) is 65.1 Å². The fourth-order valence-corrected chi connectivity index (χ4v) is 4.00. The van der Waals surface area contributed by atoms with Crippen LogP contribution in [-0.2, 0) is 19.5 Å². The van der Waals surface area contributed by atoms with Crippen molar-refractivity contribution < 1.29 is 0 Å². The molecule has 2 aliphatic heterocycles. The van der Waals surface area contributed by atoms with Gasteiger partial charge in [-0.25, -0.2) is 0 Å². The molecule has 0 saturated carbocycles. The number of rotatable bonds is 5. The molecule has 2 saturated heterocycles. The molecular formula is C17H30N4. The molecule has 0 aromatic carbocycles. The Bertz CT molecular complexity index is 448. The van der Waals surface area contributed by atoms with Gasteiger partial charge in [0, 0.05) is 25.7 Å². The Morgan fingerprint density at radius 2 is 2.19 bits per heavy atom. The normalized spacial score (nSPS) is 27.3. The van der Waals surface area contributed by atoms with E-state index in [1.54, 1.807) is 0 Å². The van der Waals surface area contributed by atoms with Gasteiger partial charge in [0.1, 0.15) is 0 Å². The van der Waals surface area contributed by atoms with Gasteiger partial charge in [0.2, 0.25) is 0 Å². The minimum Gasteiger partial charge on any atom is -0.314 e. The topological polar surface area (TPSA) is 33.1 Å². The van der Waals surface area contributed by atoms with Crippen LogP contribution in [0.2, 0.25) is 0 Å². The average Bonchev–Trinajstić information content (AvgIpc) is 3.17. The molecule has 118 valence electrons. The first-order chi connectivity index (χ1) is 10.3. The number of hydrogen-bond donors (Lipinski definition) is 1. The highest BCUT2D eigenvalue weighted by molar-refractivity contribution is 5.10. The highest BCUT2D eigenvalue weighted by atomic mass is 15.3. The quantitative estimate of drug-likeness (QED) is 0.904. The Morgan fingerprint density at radius 1 is 1.29 bits per heavy atom. The summed E-state index contributed by atoms with van der Waals surface area (Å²) in [4.78, 5) is 2.65. The molecule has 4 nitrogen and oxygen atoms in total. The van der Waals surface area contributed by atoms with E-state index in [-0.39, 0.29) is 0 Å². The number of likely N-dealkylation sites (tertiary alicyclic amines) is 1. The molecule has 2 unspecified atom stereocenters. The molecule has 1 aromatic rings. The zero-order chi connectivity index (χ0) is 14.7. The van der Waals surface area contributed by atoms with E-state index in [0.29, 0.717) is 0 Å². The van der Waals surface area contributed by atoms with E-state index < -0.39 is 0 Å². The second kappa shape index (κ2) is 6.93. The van der Waals surface area contributed by atoms with E-state index in [1.165, 1.54) is 56.7 Å². The van der Waals surface area contributed by atoms with Gasteiger partial charge >= 0.3 is 0 Å². The maximum Gasteiger partial charge on any atom is 0.0625 e. The number of aryl methyl sites for hydroxylation is 2. The van der Waals surface area contributed by atoms with Crippen molar-refractivity contribution >= 4 is 0 Å². The van der Waals surface area contributed by atoms with Crippen LogP contribution in [0.25, 0.3) is 0 Å². The van der Waals surface area contributed by atoms with E-state index in [0.717, 1.165) is 31.5 Å². The predicted octanol–water partition coefficient (Wildman–Crippen LogP) is 2.43. The Labute approximate surface area is 128 Å². The van der Waals surface area contributed by atoms with Crippen molar-refractivity contribution in [1.82, 2.24) is 20.0 Å². The smallest absolute Gasteiger partial charge is 0.0625 e. The molecule has 0 bridgehead atoms. The summed E-state index contributed by atoms with van der Waals surface area (Å²) >= 11 is 0. The largest absolute Gasteiger partial charge is 0.314 e. The summed E-state index contributed by atoms with van der Waals surface area (Å²) in [5.74, 6) is 0.852. The summed E-state index contributed by atoms with van der Waals surface area (Å²) in [6.45, 7) is 10.2. The fraction of sp³-hybridized carbons (Fsp3) is 0.824. The molecule has 4 heteroatoms. The van der Waals surface area contributed by atoms with Crippen LogP contribution in [0, 0.1) is 5.92 Å². The van der Waals surface area contributed by atoms with Gasteiger partial charge in [0.25, 0.3) is 0 Å². The molecule has 1 N–H and O–H groups in total. The Kier molecular flexibility index (Phi) is 4.96. The summed E-state index contributed by atoms with van der Waals surface area (Å²) in [6.07, 6.45) is 6.54. The van der Waals surface area contributed by atoms with Gasteiger partial charge in [-0.1, -0.05) is 6.92 Å². The minimum atomic E-state index is 0.773. The maximum absolute atomic E-state index is 4.69. The first-order valence-electron chi connectivity index (χ1n) is 8.81. The molecule has 3 heterocycles. The molecule has 3 rings (SSSR count). The zero-order valence-electron chi connectivity index (χ0n) is 13.6. The monoisotopic (exact) mass is 290 g/mol. The second-order valence-corrected chi connectivity index (χ2v) is 6.64. The lowest BCUT2D eigenvalue weighted by Gasteiger charge is -2.35. The summed E-state index contributed by atoms with van der Waals surface area (Å²) in [7, 11) is 0. The number of aromatic nitrogens is 2. The Hall–Kier alpha value is -0.870. The van der Waals surface area contributed by atoms with Gasteiger partial charge in [-0.3, -0.25) is 9.58 Å². The third kappa shape index (κ3) is 3.49. The number of piperidine rings is 1. The van der Waals surface area contributed by atoms with Gasteiger partial charge < -0.3 is 5.32 Å². The van der Waals surface area contributed by atoms with Crippen LogP contribution in [-0.4, -0.2) is 40.4 Å². The van der Waals surface area contributed by atoms with Crippen LogP contribution < -0.4 is 5.32 Å². The van der Waals surface area contributed by atoms with E-state index in [1.807, 2.05) is 0 Å². The summed E-state index contributed by atoms with van der Waals surface area (Å²) < 4.78 is 2.19. The van der Waals surface area contributed by atoms with Crippen LogP contribution in [0.5, 0.6) is 0 Å². The molecular weight excluding hydrogens is 260 g/mol. The van der Waals surface area contributed by atoms with Crippen molar-refractivity contribution in [2.24, 2.45) is 5.92 Å². The number of nitrogens with zero attached hydrogens (tertiary/aromatic N) is 3. The van der Waals surface area contributed by atoms with Crippen molar-refractivity contribution in [3.8, 4) is 0 Å². The lowest BCUT2D eigenvalue weighted by molar-refractivity contribution is 0.142. The van der Waals surface area contributed by atoms with Crippen molar-refractivity contribution in [3.63, 3.8) is 0 Å². The second-order valence-electron chi connectivity index (χ2n) is 6.64. The highest BCUT2D eigenvalue weighted by Crippen LogP contribution is 2.25. The van der Waals surface area contributed by atoms with E-state index in [9.17, 15) is 0 Å². The molecule has 1 aromatic heterocycles. The molecule has 21 heavy (non-hydrogen) atoms. The number of hydrogen-bond acceptors (Lipinski definition) is 3. The first-order valence-corrected chi connectivity index (χ1v) is 8.81. The minimum absolute atomic E-state index is 0.773. The Morgan fingerprint density at radius 3 is 2.90 bits per heavy atom. The highest BCUT2D eigenvalue weighted by Gasteiger charge is 2.29. The lowest BCUT2D eigenvalue weighted by atomic mass is 9.90. The van der Waals surface area contributed by atoms with Gasteiger partial charge in [-0.2, -0.15) is 5.10 Å². The van der Waals surface area contributed by atoms with Crippen LogP contribution in [0.15, 0.2) is 6.07 Å². The number of nitrogens with one attached hydrogen (secondary N) is 1. The summed E-state index contributed by atoms with van der Waals surface area (Å²) in [6, 6.07) is 3.08. The fourth-order valence-electron chi connectivity index (χ4n) is 4.00. The van der Waals surface area contributed by atoms with Crippen molar-refractivity contribution in [2.75, 3.05) is 19.6 Å². The zero-order valence-corrected chi connectivity index (χ0v) is 13.6. The first kappa shape index (κ1) is 15.0. The molecule has 2 atom stereocenters. The lowest BCUT2D eigenvalue weighted by Crippen LogP contribution is -2.43. The molecule has 0 radical (unpaired) electrons. The van der Waals surface area contributed by atoms with Gasteiger partial charge in [-0.05, 0) is 64.1 Å². The standard InChI is InChI=1S/C17H30N4/c1-3-15-11-16(21(4-2)19-15)13-20-10-6-7-14(12-20)17-8-5-9-18-17/h11,14,17-18H,3-10,12-13H2,1-2H3. The van der Waals surface area contributed by atoms with Crippen LogP contribution in [0.1, 0.15) is 50.9 Å². The molecule has 0 spiro atoms. The van der Waals surface area contributed by atoms with E-state index in [4.69, 9.17) is 0 Å². The van der Waals surface area contributed by atoms with E-state index >= 15 is 0 Å². The maximum atomic E-state index is 4.69. The Balaban J connectivity index is 1.62. The third-order valence-electron chi connectivity index (χ3n) is 5.17. The molecule has 2 aliphatic rings. The van der Waals surface area contributed by atoms with Crippen molar-refractivity contribution in [3.05, 3.63) is 17.5 Å². The van der Waals surface area contributed by atoms with Gasteiger partial charge in [0.15, 0.2) is 0 Å². The van der Waals surface area contributed by atoms with Gasteiger partial charge in [-0.15, -0.1) is 0 Å². The summed E-state index contributed by atoms with van der Waals surface area (Å²) in [5, 5.41) is 8.39. The van der Waals surface area contributed by atoms with E-state index in [2.05, 4.69) is 39.9 Å². The molecule has 0 aliphatic carbocycles. The predicted molar refractivity (Wildman–Crippen MR) is 86.3 cm³/mol. The van der Waals surface area contributed by atoms with Crippen LogP contribution in [0.4, 0.5) is 0 Å². The van der Waals surface area contributed by atoms with Gasteiger partial charge in [0.05, 0.1) is 11.4 Å². The van der Waals surface area contributed by atoms with Crippen molar-refractivity contribution in [1.29, 1.82) is 0 Å².